The number of pyridine rings is 2. The third-order valence-electron chi connectivity index (χ3n) is 9.66. The van der Waals surface area contributed by atoms with Crippen LogP contribution >= 0.6 is 0 Å². The number of benzene rings is 4. The molecule has 7 N–H and O–H groups in total. The number of nitrogens with zero attached hydrogens (tertiary/aromatic N) is 2. The van der Waals surface area contributed by atoms with Crippen LogP contribution in [0.15, 0.2) is 91.0 Å². The topological polar surface area (TPSA) is 105 Å². The summed E-state index contributed by atoms with van der Waals surface area (Å²) in [5.41, 5.74) is 22.9. The number of nitrogen functional groups attached to an aromatic ring is 2. The molecular formula is C41H48ClN7. The van der Waals surface area contributed by atoms with E-state index in [-0.39, 0.29) is 12.4 Å². The van der Waals surface area contributed by atoms with E-state index in [4.69, 9.17) is 16.5 Å². The Kier molecular flexibility index (Phi) is 11.5. The normalized spacial score (nSPS) is 12.7. The van der Waals surface area contributed by atoms with Gasteiger partial charge < -0.3 is 39.8 Å². The lowest BCUT2D eigenvalue weighted by atomic mass is 9.92. The van der Waals surface area contributed by atoms with Crippen LogP contribution in [0.4, 0.5) is 17.1 Å². The van der Waals surface area contributed by atoms with Crippen molar-refractivity contribution in [2.24, 2.45) is 0 Å². The summed E-state index contributed by atoms with van der Waals surface area (Å²) >= 11 is 0. The molecule has 0 amide bonds. The van der Waals surface area contributed by atoms with Crippen LogP contribution in [0.25, 0.3) is 43.8 Å². The zero-order valence-electron chi connectivity index (χ0n) is 28.3. The van der Waals surface area contributed by atoms with E-state index in [1.54, 1.807) is 0 Å². The standard InChI is InChI=1S/C41H47N7.ClH/c42-30-17-19-32-33-20-18-31(43)28-39(33)48(41(36(32)27-30)29-11-2-1-3-12-29)26-10-24-45-22-8-21-44-23-9-25-46-40-34-13-4-6-15-37(34)47-38-16-7-5-14-35(38)40;/h1-4,6,11-13,15,17-20,27-28,43-45H,5,7-10,14,16,21-26,42H2,(H,46,47);1H. The fraction of sp³-hybridized carbons (Fsp3) is 0.317. The molecule has 2 aromatic heterocycles. The quantitative estimate of drug-likeness (QED) is 0.0519. The van der Waals surface area contributed by atoms with Crippen molar-refractivity contribution in [1.29, 1.82) is 0 Å². The summed E-state index contributed by atoms with van der Waals surface area (Å²) in [5.74, 6) is 0. The Hall–Kier alpha value is -4.43. The molecule has 8 heteroatoms. The minimum absolute atomic E-state index is 0. The highest BCUT2D eigenvalue weighted by molar-refractivity contribution is 6.10. The summed E-state index contributed by atoms with van der Waals surface area (Å²) in [7, 11) is 0. The molecule has 0 saturated carbocycles. The van der Waals surface area contributed by atoms with Gasteiger partial charge >= 0.3 is 0 Å². The van der Waals surface area contributed by atoms with Crippen molar-refractivity contribution < 1.29 is 17.0 Å². The van der Waals surface area contributed by atoms with E-state index in [1.807, 2.05) is 12.1 Å². The molecule has 7 rings (SSSR count). The molecule has 2 heterocycles. The van der Waals surface area contributed by atoms with Gasteiger partial charge in [-0.05, 0) is 106 Å². The van der Waals surface area contributed by atoms with Gasteiger partial charge in [-0.1, -0.05) is 42.5 Å². The van der Waals surface area contributed by atoms with Crippen molar-refractivity contribution in [2.45, 2.75) is 51.5 Å². The predicted molar refractivity (Wildman–Crippen MR) is 202 cm³/mol. The van der Waals surface area contributed by atoms with E-state index in [1.165, 1.54) is 62.6 Å². The maximum absolute atomic E-state index is 6.32. The number of rotatable bonds is 14. The molecule has 0 unspecified atom stereocenters. The molecular weight excluding hydrogens is 626 g/mol. The van der Waals surface area contributed by atoms with Crippen LogP contribution in [0.5, 0.6) is 0 Å². The highest BCUT2D eigenvalue weighted by Gasteiger charge is 2.23. The number of anilines is 3. The first-order chi connectivity index (χ1) is 23.7. The fourth-order valence-corrected chi connectivity index (χ4v) is 7.35. The third kappa shape index (κ3) is 7.75. The highest BCUT2D eigenvalue weighted by atomic mass is 35.5. The van der Waals surface area contributed by atoms with E-state index in [0.29, 0.717) is 0 Å². The predicted octanol–water partition coefficient (Wildman–Crippen LogP) is 4.00. The first-order valence-corrected chi connectivity index (χ1v) is 17.7. The first kappa shape index (κ1) is 34.4. The molecule has 49 heavy (non-hydrogen) atoms. The maximum atomic E-state index is 6.32. The Bertz CT molecular complexity index is 2030. The highest BCUT2D eigenvalue weighted by Crippen LogP contribution is 2.34. The fourth-order valence-electron chi connectivity index (χ4n) is 7.35. The second-order valence-corrected chi connectivity index (χ2v) is 13.1. The van der Waals surface area contributed by atoms with Crippen LogP contribution < -0.4 is 44.4 Å². The Balaban J connectivity index is 0.00000417. The number of nitrogens with two attached hydrogens (primary N) is 2. The second-order valence-electron chi connectivity index (χ2n) is 13.1. The molecule has 1 aliphatic carbocycles. The first-order valence-electron chi connectivity index (χ1n) is 17.7. The van der Waals surface area contributed by atoms with Crippen LogP contribution in [0, 0.1) is 0 Å². The number of nitrogens with one attached hydrogen (secondary N) is 3. The molecule has 1 aliphatic rings. The van der Waals surface area contributed by atoms with Crippen molar-refractivity contribution in [2.75, 3.05) is 49.5 Å². The SMILES string of the molecule is Nc1ccc2c(c1)c(-c1ccccc1)[n+](CCCNCCCNCCCNc1c3c(nc4ccccc14)CCCC3)c1cc(N)ccc21.[Cl-]. The number of fused-ring (bicyclic) bond motifs is 5. The summed E-state index contributed by atoms with van der Waals surface area (Å²) < 4.78 is 2.44. The summed E-state index contributed by atoms with van der Waals surface area (Å²) in [6.07, 6.45) is 7.95. The molecule has 0 bridgehead atoms. The molecule has 4 aromatic carbocycles. The van der Waals surface area contributed by atoms with Crippen molar-refractivity contribution >= 4 is 49.6 Å². The van der Waals surface area contributed by atoms with Crippen LogP contribution in [-0.4, -0.2) is 37.7 Å². The number of aromatic nitrogens is 2. The Morgan fingerprint density at radius 1 is 0.633 bits per heavy atom. The Morgan fingerprint density at radius 3 is 2.12 bits per heavy atom. The van der Waals surface area contributed by atoms with Gasteiger partial charge in [-0.2, -0.15) is 4.57 Å². The van der Waals surface area contributed by atoms with Gasteiger partial charge in [0.05, 0.1) is 16.3 Å². The van der Waals surface area contributed by atoms with E-state index < -0.39 is 0 Å². The summed E-state index contributed by atoms with van der Waals surface area (Å²) in [6, 6.07) is 31.7. The zero-order valence-corrected chi connectivity index (χ0v) is 29.0. The molecule has 0 fully saturated rings. The van der Waals surface area contributed by atoms with E-state index in [2.05, 4.69) is 99.4 Å². The third-order valence-corrected chi connectivity index (χ3v) is 9.66. The lowest BCUT2D eigenvalue weighted by Crippen LogP contribution is -3.00. The van der Waals surface area contributed by atoms with Gasteiger partial charge in [0.25, 0.3) is 0 Å². The van der Waals surface area contributed by atoms with Gasteiger partial charge in [-0.15, -0.1) is 0 Å². The van der Waals surface area contributed by atoms with Crippen LogP contribution in [0.2, 0.25) is 0 Å². The van der Waals surface area contributed by atoms with Crippen LogP contribution in [0.3, 0.4) is 0 Å². The minimum atomic E-state index is 0. The Labute approximate surface area is 295 Å². The second kappa shape index (κ2) is 16.3. The zero-order chi connectivity index (χ0) is 32.7. The number of hydrogen-bond donors (Lipinski definition) is 5. The van der Waals surface area contributed by atoms with Crippen molar-refractivity contribution in [3.8, 4) is 11.3 Å². The van der Waals surface area contributed by atoms with E-state index >= 15 is 0 Å². The molecule has 0 spiro atoms. The summed E-state index contributed by atoms with van der Waals surface area (Å²) in [6.45, 7) is 5.83. The Morgan fingerprint density at radius 2 is 1.31 bits per heavy atom. The molecule has 0 atom stereocenters. The van der Waals surface area contributed by atoms with Crippen molar-refractivity contribution in [3.05, 3.63) is 102 Å². The molecule has 7 nitrogen and oxygen atoms in total. The lowest BCUT2D eigenvalue weighted by Gasteiger charge is -2.21. The van der Waals surface area contributed by atoms with Crippen molar-refractivity contribution in [1.82, 2.24) is 15.6 Å². The van der Waals surface area contributed by atoms with Gasteiger partial charge in [0.2, 0.25) is 11.2 Å². The van der Waals surface area contributed by atoms with Gasteiger partial charge in [0.1, 0.15) is 0 Å². The average Bonchev–Trinajstić information content (AvgIpc) is 3.11. The molecule has 254 valence electrons. The number of para-hydroxylation sites is 1. The smallest absolute Gasteiger partial charge is 0.220 e. The summed E-state index contributed by atoms with van der Waals surface area (Å²) in [4.78, 5) is 4.97. The van der Waals surface area contributed by atoms with Crippen LogP contribution in [-0.2, 0) is 19.4 Å². The van der Waals surface area contributed by atoms with Crippen molar-refractivity contribution in [3.63, 3.8) is 0 Å². The number of aryl methyl sites for hydroxylation is 2. The van der Waals surface area contributed by atoms with E-state index in [0.717, 1.165) is 93.8 Å². The van der Waals surface area contributed by atoms with Gasteiger partial charge in [-0.3, -0.25) is 4.98 Å². The molecule has 0 radical (unpaired) electrons. The number of halogens is 1. The van der Waals surface area contributed by atoms with Gasteiger partial charge in [-0.25, -0.2) is 0 Å². The molecule has 6 aromatic rings. The minimum Gasteiger partial charge on any atom is -1.00 e. The molecule has 0 saturated heterocycles. The number of hydrogen-bond acceptors (Lipinski definition) is 6. The van der Waals surface area contributed by atoms with Crippen LogP contribution in [0.1, 0.15) is 43.4 Å². The average molecular weight is 674 g/mol. The molecule has 0 aliphatic heterocycles. The van der Waals surface area contributed by atoms with E-state index in [9.17, 15) is 0 Å². The van der Waals surface area contributed by atoms with Gasteiger partial charge in [0, 0.05) is 64.7 Å². The lowest BCUT2D eigenvalue weighted by molar-refractivity contribution is -0.659. The monoisotopic (exact) mass is 673 g/mol. The maximum Gasteiger partial charge on any atom is 0.220 e. The van der Waals surface area contributed by atoms with Gasteiger partial charge in [0.15, 0.2) is 6.54 Å². The summed E-state index contributed by atoms with van der Waals surface area (Å²) in [5, 5.41) is 15.9. The largest absolute Gasteiger partial charge is 1.00 e.